The van der Waals surface area contributed by atoms with Crippen LogP contribution in [0.2, 0.25) is 0 Å². The van der Waals surface area contributed by atoms with E-state index in [1.54, 1.807) is 0 Å². The molecular weight excluding hydrogens is 339 g/mol. The van der Waals surface area contributed by atoms with Gasteiger partial charge in [-0.3, -0.25) is 4.79 Å². The molecule has 0 aliphatic heterocycles. The fourth-order valence-corrected chi connectivity index (χ4v) is 3.04. The zero-order valence-electron chi connectivity index (χ0n) is 14.4. The molecule has 4 N–H and O–H groups in total. The Hall–Kier alpha value is -2.74. The first kappa shape index (κ1) is 18.1. The number of aromatic nitrogens is 2. The number of methoxy groups -OCH3 is 1. The zero-order chi connectivity index (χ0) is 18.7. The Kier molecular flexibility index (Phi) is 5.32. The van der Waals surface area contributed by atoms with Crippen LogP contribution in [0, 0.1) is 5.82 Å². The molecule has 2 aromatic rings. The summed E-state index contributed by atoms with van der Waals surface area (Å²) in [5, 5.41) is 12.7. The number of carbonyl (C=O) groups is 1. The molecule has 1 aliphatic carbocycles. The lowest BCUT2D eigenvalue weighted by atomic mass is 9.93. The van der Waals surface area contributed by atoms with Gasteiger partial charge < -0.3 is 20.9 Å². The molecule has 1 aromatic carbocycles. The normalized spacial score (nSPS) is 19.8. The second-order valence-corrected chi connectivity index (χ2v) is 6.32. The number of ether oxygens (including phenoxy) is 1. The molecule has 0 amide bonds. The van der Waals surface area contributed by atoms with E-state index in [4.69, 9.17) is 10.5 Å². The van der Waals surface area contributed by atoms with Crippen molar-refractivity contribution < 1.29 is 19.0 Å². The molecule has 0 saturated heterocycles. The van der Waals surface area contributed by atoms with Crippen molar-refractivity contribution in [2.75, 3.05) is 18.2 Å². The fraction of sp³-hybridized carbons (Fsp3) is 0.389. The number of carbonyl (C=O) groups excluding carboxylic acids is 1. The predicted molar refractivity (Wildman–Crippen MR) is 94.7 cm³/mol. The Labute approximate surface area is 150 Å². The molecule has 1 heterocycles. The van der Waals surface area contributed by atoms with Crippen LogP contribution in [0.3, 0.4) is 0 Å². The predicted octanol–water partition coefficient (Wildman–Crippen LogP) is 2.15. The average Bonchev–Trinajstić information content (AvgIpc) is 2.63. The van der Waals surface area contributed by atoms with E-state index >= 15 is 0 Å². The molecule has 0 spiro atoms. The second kappa shape index (κ2) is 7.65. The summed E-state index contributed by atoms with van der Waals surface area (Å²) < 4.78 is 18.6. The third-order valence-corrected chi connectivity index (χ3v) is 4.50. The number of rotatable bonds is 5. The van der Waals surface area contributed by atoms with Crippen molar-refractivity contribution in [3.05, 3.63) is 41.3 Å². The third-order valence-electron chi connectivity index (χ3n) is 4.50. The van der Waals surface area contributed by atoms with Crippen LogP contribution in [0.25, 0.3) is 0 Å². The average molecular weight is 360 g/mol. The first-order chi connectivity index (χ1) is 12.5. The van der Waals surface area contributed by atoms with Crippen molar-refractivity contribution in [2.24, 2.45) is 0 Å². The van der Waals surface area contributed by atoms with Crippen molar-refractivity contribution in [1.82, 2.24) is 9.97 Å². The molecule has 0 unspecified atom stereocenters. The van der Waals surface area contributed by atoms with E-state index in [1.165, 1.54) is 25.4 Å². The highest BCUT2D eigenvalue weighted by molar-refractivity contribution is 6.13. The molecule has 1 saturated carbocycles. The summed E-state index contributed by atoms with van der Waals surface area (Å²) in [4.78, 5) is 21.0. The standard InChI is InChI=1S/C18H21FN4O3/c1-26-15-7-2-10(19)8-13(15)16(25)14-9-21-18(23-17(14)20)22-11-3-5-12(24)6-4-11/h2,7-9,11-12,24H,3-6H2,1H3,(H3,20,21,22,23)/t11-,12-. The largest absolute Gasteiger partial charge is 0.496 e. The van der Waals surface area contributed by atoms with Gasteiger partial charge in [0, 0.05) is 12.2 Å². The number of hydrogen-bond donors (Lipinski definition) is 3. The molecule has 0 atom stereocenters. The summed E-state index contributed by atoms with van der Waals surface area (Å²) in [7, 11) is 1.40. The highest BCUT2D eigenvalue weighted by Crippen LogP contribution is 2.25. The first-order valence-electron chi connectivity index (χ1n) is 8.43. The lowest BCUT2D eigenvalue weighted by Gasteiger charge is -2.26. The molecule has 1 fully saturated rings. The van der Waals surface area contributed by atoms with E-state index in [0.717, 1.165) is 31.7 Å². The quantitative estimate of drug-likeness (QED) is 0.701. The number of nitrogens with one attached hydrogen (secondary N) is 1. The van der Waals surface area contributed by atoms with E-state index in [9.17, 15) is 14.3 Å². The van der Waals surface area contributed by atoms with Gasteiger partial charge in [0.25, 0.3) is 0 Å². The molecule has 8 heteroatoms. The third kappa shape index (κ3) is 3.91. The smallest absolute Gasteiger partial charge is 0.224 e. The van der Waals surface area contributed by atoms with Crippen LogP contribution in [0.5, 0.6) is 5.75 Å². The number of aliphatic hydroxyl groups is 1. The summed E-state index contributed by atoms with van der Waals surface area (Å²) in [6, 6.07) is 3.85. The van der Waals surface area contributed by atoms with E-state index < -0.39 is 11.6 Å². The molecule has 7 nitrogen and oxygen atoms in total. The summed E-state index contributed by atoms with van der Waals surface area (Å²) in [5.41, 5.74) is 6.07. The van der Waals surface area contributed by atoms with E-state index in [2.05, 4.69) is 15.3 Å². The Morgan fingerprint density at radius 2 is 2.04 bits per heavy atom. The van der Waals surface area contributed by atoms with Gasteiger partial charge in [-0.2, -0.15) is 4.98 Å². The number of nitrogen functional groups attached to an aromatic ring is 1. The van der Waals surface area contributed by atoms with Crippen molar-refractivity contribution in [1.29, 1.82) is 0 Å². The molecule has 3 rings (SSSR count). The van der Waals surface area contributed by atoms with E-state index in [1.807, 2.05) is 0 Å². The number of nitrogens with two attached hydrogens (primary N) is 1. The summed E-state index contributed by atoms with van der Waals surface area (Å²) in [6.45, 7) is 0. The van der Waals surface area contributed by atoms with Gasteiger partial charge in [0.05, 0.1) is 24.3 Å². The maximum atomic E-state index is 13.5. The molecule has 0 radical (unpaired) electrons. The van der Waals surface area contributed by atoms with Crippen molar-refractivity contribution in [2.45, 2.75) is 37.8 Å². The Balaban J connectivity index is 1.79. The topological polar surface area (TPSA) is 110 Å². The first-order valence-corrected chi connectivity index (χ1v) is 8.43. The number of ketones is 1. The highest BCUT2D eigenvalue weighted by atomic mass is 19.1. The molecule has 1 aromatic heterocycles. The Morgan fingerprint density at radius 1 is 1.31 bits per heavy atom. The molecule has 26 heavy (non-hydrogen) atoms. The molecule has 138 valence electrons. The summed E-state index contributed by atoms with van der Waals surface area (Å²) >= 11 is 0. The van der Waals surface area contributed by atoms with Crippen LogP contribution in [-0.4, -0.2) is 40.1 Å². The van der Waals surface area contributed by atoms with Crippen LogP contribution in [0.4, 0.5) is 16.2 Å². The number of halogens is 1. The number of anilines is 2. The van der Waals surface area contributed by atoms with Gasteiger partial charge in [-0.25, -0.2) is 9.37 Å². The van der Waals surface area contributed by atoms with Gasteiger partial charge >= 0.3 is 0 Å². The lowest BCUT2D eigenvalue weighted by Crippen LogP contribution is -2.29. The van der Waals surface area contributed by atoms with Gasteiger partial charge in [0.2, 0.25) is 11.7 Å². The number of hydrogen-bond acceptors (Lipinski definition) is 7. The second-order valence-electron chi connectivity index (χ2n) is 6.32. The van der Waals surface area contributed by atoms with Gasteiger partial charge in [0.1, 0.15) is 17.4 Å². The van der Waals surface area contributed by atoms with Gasteiger partial charge in [-0.05, 0) is 43.9 Å². The Bertz CT molecular complexity index is 807. The Morgan fingerprint density at radius 3 is 2.69 bits per heavy atom. The van der Waals surface area contributed by atoms with Crippen LogP contribution >= 0.6 is 0 Å². The SMILES string of the molecule is COc1ccc(F)cc1C(=O)c1cnc(N[C@H]2CC[C@H](O)CC2)nc1N. The minimum Gasteiger partial charge on any atom is -0.496 e. The summed E-state index contributed by atoms with van der Waals surface area (Å²) in [6.07, 6.45) is 4.15. The number of nitrogens with zero attached hydrogens (tertiary/aromatic N) is 2. The van der Waals surface area contributed by atoms with E-state index in [0.29, 0.717) is 5.95 Å². The maximum Gasteiger partial charge on any atom is 0.224 e. The lowest BCUT2D eigenvalue weighted by molar-refractivity contribution is 0.103. The summed E-state index contributed by atoms with van der Waals surface area (Å²) in [5.74, 6) is -0.474. The van der Waals surface area contributed by atoms with Gasteiger partial charge in [-0.15, -0.1) is 0 Å². The van der Waals surface area contributed by atoms with Gasteiger partial charge in [0.15, 0.2) is 0 Å². The van der Waals surface area contributed by atoms with Crippen LogP contribution in [0.15, 0.2) is 24.4 Å². The highest BCUT2D eigenvalue weighted by Gasteiger charge is 2.22. The fourth-order valence-electron chi connectivity index (χ4n) is 3.04. The van der Waals surface area contributed by atoms with Crippen molar-refractivity contribution >= 4 is 17.5 Å². The van der Waals surface area contributed by atoms with Crippen molar-refractivity contribution in [3.8, 4) is 5.75 Å². The number of aliphatic hydroxyl groups excluding tert-OH is 1. The minimum atomic E-state index is -0.550. The molecule has 1 aliphatic rings. The van der Waals surface area contributed by atoms with Crippen LogP contribution in [-0.2, 0) is 0 Å². The zero-order valence-corrected chi connectivity index (χ0v) is 14.4. The minimum absolute atomic E-state index is 0.00894. The van der Waals surface area contributed by atoms with Crippen molar-refractivity contribution in [3.63, 3.8) is 0 Å². The molecular formula is C18H21FN4O3. The van der Waals surface area contributed by atoms with Crippen LogP contribution in [0.1, 0.15) is 41.6 Å². The van der Waals surface area contributed by atoms with Crippen LogP contribution < -0.4 is 15.8 Å². The molecule has 0 bridgehead atoms. The number of benzene rings is 1. The monoisotopic (exact) mass is 360 g/mol. The van der Waals surface area contributed by atoms with E-state index in [-0.39, 0.29) is 34.8 Å². The van der Waals surface area contributed by atoms with Gasteiger partial charge in [-0.1, -0.05) is 0 Å². The maximum absolute atomic E-state index is 13.5.